The molecule has 0 rings (SSSR count). The molecule has 0 spiro atoms. The first-order valence-corrected chi connectivity index (χ1v) is 4.80. The molecule has 0 heterocycles. The minimum Gasteiger partial charge on any atom is -0.388 e. The van der Waals surface area contributed by atoms with Crippen LogP contribution in [0, 0.1) is 0 Å². The van der Waals surface area contributed by atoms with Gasteiger partial charge in [0.15, 0.2) is 0 Å². The van der Waals surface area contributed by atoms with Gasteiger partial charge >= 0.3 is 0 Å². The van der Waals surface area contributed by atoms with E-state index in [9.17, 15) is 5.11 Å². The molecule has 0 aromatic rings. The third-order valence-electron chi connectivity index (χ3n) is 1.88. The maximum absolute atomic E-state index is 9.74. The molecule has 13 heavy (non-hydrogen) atoms. The van der Waals surface area contributed by atoms with E-state index in [2.05, 4.69) is 13.5 Å². The van der Waals surface area contributed by atoms with Crippen LogP contribution < -0.4 is 0 Å². The van der Waals surface area contributed by atoms with E-state index in [0.717, 1.165) is 24.0 Å². The van der Waals surface area contributed by atoms with Crippen LogP contribution >= 0.6 is 0 Å². The Bertz CT molecular complexity index is 211. The van der Waals surface area contributed by atoms with Crippen LogP contribution in [-0.4, -0.2) is 11.2 Å². The molecule has 1 N–H and O–H groups in total. The summed E-state index contributed by atoms with van der Waals surface area (Å²) in [4.78, 5) is 0. The smallest absolute Gasteiger partial charge is 0.0792 e. The molecule has 0 amide bonds. The Balaban J connectivity index is 4.50. The number of allylic oxidation sites excluding steroid dienone is 3. The van der Waals surface area contributed by atoms with E-state index in [4.69, 9.17) is 0 Å². The molecule has 1 atom stereocenters. The van der Waals surface area contributed by atoms with Gasteiger partial charge < -0.3 is 5.11 Å². The van der Waals surface area contributed by atoms with Gasteiger partial charge in [0.2, 0.25) is 0 Å². The van der Waals surface area contributed by atoms with E-state index in [0.29, 0.717) is 0 Å². The third kappa shape index (κ3) is 4.69. The summed E-state index contributed by atoms with van der Waals surface area (Å²) >= 11 is 0. The van der Waals surface area contributed by atoms with Crippen LogP contribution in [0.5, 0.6) is 0 Å². The van der Waals surface area contributed by atoms with Crippen molar-refractivity contribution < 1.29 is 5.11 Å². The highest BCUT2D eigenvalue weighted by Crippen LogP contribution is 2.16. The van der Waals surface area contributed by atoms with Crippen LogP contribution in [0.4, 0.5) is 0 Å². The summed E-state index contributed by atoms with van der Waals surface area (Å²) in [6, 6.07) is 0. The first-order valence-electron chi connectivity index (χ1n) is 4.80. The molecule has 0 aromatic carbocycles. The van der Waals surface area contributed by atoms with E-state index in [1.54, 1.807) is 0 Å². The van der Waals surface area contributed by atoms with Crippen LogP contribution in [0.15, 0.2) is 36.0 Å². The SMILES string of the molecule is C=C(C)/C(=C\C=C/C)C(O)CCC. The van der Waals surface area contributed by atoms with Crippen molar-refractivity contribution in [1.82, 2.24) is 0 Å². The fraction of sp³-hybridized carbons (Fsp3) is 0.500. The summed E-state index contributed by atoms with van der Waals surface area (Å²) in [5.41, 5.74) is 1.89. The van der Waals surface area contributed by atoms with Crippen LogP contribution in [0.1, 0.15) is 33.6 Å². The Morgan fingerprint density at radius 3 is 2.54 bits per heavy atom. The topological polar surface area (TPSA) is 20.2 Å². The van der Waals surface area contributed by atoms with Crippen molar-refractivity contribution >= 4 is 0 Å². The first-order chi connectivity index (χ1) is 6.13. The lowest BCUT2D eigenvalue weighted by Gasteiger charge is -2.13. The predicted octanol–water partition coefficient (Wildman–Crippen LogP) is 3.23. The quantitative estimate of drug-likeness (QED) is 0.644. The Labute approximate surface area is 81.5 Å². The second-order valence-corrected chi connectivity index (χ2v) is 3.23. The standard InChI is InChI=1S/C12H20O/c1-5-7-9-11(10(3)4)12(13)8-6-2/h5,7,9,12-13H,3,6,8H2,1-2,4H3/b7-5-,11-9+. The van der Waals surface area contributed by atoms with E-state index >= 15 is 0 Å². The van der Waals surface area contributed by atoms with Gasteiger partial charge in [0.1, 0.15) is 0 Å². The van der Waals surface area contributed by atoms with E-state index in [1.807, 2.05) is 32.1 Å². The predicted molar refractivity (Wildman–Crippen MR) is 58.6 cm³/mol. The summed E-state index contributed by atoms with van der Waals surface area (Å²) in [5, 5.41) is 9.74. The first kappa shape index (κ1) is 12.2. The van der Waals surface area contributed by atoms with Gasteiger partial charge in [-0.2, -0.15) is 0 Å². The largest absolute Gasteiger partial charge is 0.388 e. The second kappa shape index (κ2) is 6.67. The highest BCUT2D eigenvalue weighted by Gasteiger charge is 2.08. The zero-order chi connectivity index (χ0) is 10.3. The van der Waals surface area contributed by atoms with Crippen LogP contribution in [0.3, 0.4) is 0 Å². The zero-order valence-electron chi connectivity index (χ0n) is 8.88. The molecule has 1 nitrogen and oxygen atoms in total. The molecule has 1 heteroatoms. The average molecular weight is 180 g/mol. The fourth-order valence-electron chi connectivity index (χ4n) is 1.17. The fourth-order valence-corrected chi connectivity index (χ4v) is 1.17. The number of aliphatic hydroxyl groups is 1. The van der Waals surface area contributed by atoms with Crippen molar-refractivity contribution in [2.75, 3.05) is 0 Å². The molecule has 0 aromatic heterocycles. The Morgan fingerprint density at radius 1 is 1.54 bits per heavy atom. The summed E-state index contributed by atoms with van der Waals surface area (Å²) in [5.74, 6) is 0. The molecule has 0 saturated heterocycles. The van der Waals surface area contributed by atoms with Crippen LogP contribution in [-0.2, 0) is 0 Å². The molecule has 74 valence electrons. The van der Waals surface area contributed by atoms with Gasteiger partial charge in [-0.25, -0.2) is 0 Å². The van der Waals surface area contributed by atoms with Crippen molar-refractivity contribution in [2.45, 2.75) is 39.7 Å². The summed E-state index contributed by atoms with van der Waals surface area (Å²) < 4.78 is 0. The molecule has 0 bridgehead atoms. The molecular formula is C12H20O. The lowest BCUT2D eigenvalue weighted by atomic mass is 9.99. The number of aliphatic hydroxyl groups excluding tert-OH is 1. The van der Waals surface area contributed by atoms with Gasteiger partial charge in [0.05, 0.1) is 6.10 Å². The number of hydrogen-bond acceptors (Lipinski definition) is 1. The minimum absolute atomic E-state index is 0.362. The lowest BCUT2D eigenvalue weighted by molar-refractivity contribution is 0.201. The van der Waals surface area contributed by atoms with Crippen LogP contribution in [0.2, 0.25) is 0 Å². The van der Waals surface area contributed by atoms with Gasteiger partial charge in [0.25, 0.3) is 0 Å². The van der Waals surface area contributed by atoms with Gasteiger partial charge in [0, 0.05) is 0 Å². The summed E-state index contributed by atoms with van der Waals surface area (Å²) in [6.45, 7) is 9.80. The van der Waals surface area contributed by atoms with Crippen molar-refractivity contribution in [3.05, 3.63) is 36.0 Å². The molecule has 0 fully saturated rings. The van der Waals surface area contributed by atoms with Gasteiger partial charge in [-0.15, -0.1) is 0 Å². The van der Waals surface area contributed by atoms with Crippen molar-refractivity contribution in [3.8, 4) is 0 Å². The van der Waals surface area contributed by atoms with Gasteiger partial charge in [-0.3, -0.25) is 0 Å². The maximum atomic E-state index is 9.74. The van der Waals surface area contributed by atoms with Crippen LogP contribution in [0.25, 0.3) is 0 Å². The third-order valence-corrected chi connectivity index (χ3v) is 1.88. The number of hydrogen-bond donors (Lipinski definition) is 1. The Hall–Kier alpha value is -0.820. The molecular weight excluding hydrogens is 160 g/mol. The lowest BCUT2D eigenvalue weighted by Crippen LogP contribution is -2.10. The monoisotopic (exact) mass is 180 g/mol. The summed E-state index contributed by atoms with van der Waals surface area (Å²) in [7, 11) is 0. The van der Waals surface area contributed by atoms with Crippen molar-refractivity contribution in [2.24, 2.45) is 0 Å². The number of rotatable bonds is 5. The van der Waals surface area contributed by atoms with Crippen molar-refractivity contribution in [1.29, 1.82) is 0 Å². The molecule has 0 aliphatic carbocycles. The highest BCUT2D eigenvalue weighted by molar-refractivity contribution is 5.33. The van der Waals surface area contributed by atoms with E-state index in [-0.39, 0.29) is 6.10 Å². The van der Waals surface area contributed by atoms with Gasteiger partial charge in [-0.05, 0) is 25.8 Å². The molecule has 0 radical (unpaired) electrons. The zero-order valence-corrected chi connectivity index (χ0v) is 8.88. The molecule has 0 aliphatic heterocycles. The summed E-state index contributed by atoms with van der Waals surface area (Å²) in [6.07, 6.45) is 7.24. The van der Waals surface area contributed by atoms with Crippen molar-refractivity contribution in [3.63, 3.8) is 0 Å². The molecule has 0 saturated carbocycles. The average Bonchev–Trinajstić information content (AvgIpc) is 2.05. The highest BCUT2D eigenvalue weighted by atomic mass is 16.3. The van der Waals surface area contributed by atoms with E-state index in [1.165, 1.54) is 0 Å². The Morgan fingerprint density at radius 2 is 2.15 bits per heavy atom. The normalized spacial score (nSPS) is 14.9. The molecule has 0 aliphatic rings. The minimum atomic E-state index is -0.362. The second-order valence-electron chi connectivity index (χ2n) is 3.23. The molecule has 1 unspecified atom stereocenters. The maximum Gasteiger partial charge on any atom is 0.0792 e. The van der Waals surface area contributed by atoms with E-state index < -0.39 is 0 Å². The van der Waals surface area contributed by atoms with Gasteiger partial charge in [-0.1, -0.05) is 43.7 Å². The Kier molecular flexibility index (Phi) is 6.25.